The van der Waals surface area contributed by atoms with Crippen molar-refractivity contribution in [2.45, 2.75) is 32.9 Å². The fourth-order valence-electron chi connectivity index (χ4n) is 2.72. The lowest BCUT2D eigenvalue weighted by molar-refractivity contribution is -0.116. The van der Waals surface area contributed by atoms with E-state index in [9.17, 15) is 14.4 Å². The Hall–Kier alpha value is -2.09. The molecular formula is C18H17Cl2N3O3S. The molecule has 9 heteroatoms. The number of hydrogen-bond donors (Lipinski definition) is 1. The summed E-state index contributed by atoms with van der Waals surface area (Å²) in [6, 6.07) is 6.41. The molecule has 0 saturated carbocycles. The van der Waals surface area contributed by atoms with E-state index in [0.29, 0.717) is 38.9 Å². The van der Waals surface area contributed by atoms with E-state index in [1.54, 1.807) is 23.6 Å². The number of nitrogens with one attached hydrogen (secondary N) is 1. The van der Waals surface area contributed by atoms with Gasteiger partial charge >= 0.3 is 5.69 Å². The maximum atomic E-state index is 12.8. The van der Waals surface area contributed by atoms with E-state index in [-0.39, 0.29) is 12.1 Å². The monoisotopic (exact) mass is 425 g/mol. The quantitative estimate of drug-likeness (QED) is 0.648. The largest absolute Gasteiger partial charge is 0.332 e. The predicted octanol–water partition coefficient (Wildman–Crippen LogP) is 3.97. The van der Waals surface area contributed by atoms with Gasteiger partial charge in [0.2, 0.25) is 5.91 Å². The molecule has 0 aliphatic rings. The number of anilines is 1. The Morgan fingerprint density at radius 3 is 2.63 bits per heavy atom. The third-order valence-corrected chi connectivity index (χ3v) is 5.71. The van der Waals surface area contributed by atoms with Gasteiger partial charge in [-0.3, -0.25) is 18.7 Å². The third kappa shape index (κ3) is 4.10. The molecule has 142 valence electrons. The van der Waals surface area contributed by atoms with Gasteiger partial charge in [-0.05, 0) is 36.1 Å². The van der Waals surface area contributed by atoms with Gasteiger partial charge in [-0.15, -0.1) is 11.3 Å². The van der Waals surface area contributed by atoms with Gasteiger partial charge in [0.05, 0.1) is 15.6 Å². The topological polar surface area (TPSA) is 73.1 Å². The van der Waals surface area contributed by atoms with Crippen molar-refractivity contribution in [2.75, 3.05) is 5.32 Å². The summed E-state index contributed by atoms with van der Waals surface area (Å²) in [6.07, 6.45) is 1.56. The molecule has 0 aliphatic carbocycles. The number of rotatable bonds is 6. The van der Waals surface area contributed by atoms with Crippen molar-refractivity contribution in [3.63, 3.8) is 0 Å². The van der Waals surface area contributed by atoms with Crippen LogP contribution in [0.1, 0.15) is 19.8 Å². The molecule has 2 aromatic heterocycles. The van der Waals surface area contributed by atoms with Crippen LogP contribution in [0.2, 0.25) is 10.0 Å². The third-order valence-electron chi connectivity index (χ3n) is 4.08. The molecule has 1 N–H and O–H groups in total. The number of unbranched alkanes of at least 4 members (excludes halogenated alkanes) is 1. The van der Waals surface area contributed by atoms with Crippen LogP contribution in [0.5, 0.6) is 0 Å². The first-order valence-corrected chi connectivity index (χ1v) is 10.0. The minimum absolute atomic E-state index is 0.210. The molecule has 6 nitrogen and oxygen atoms in total. The molecule has 0 bridgehead atoms. The van der Waals surface area contributed by atoms with Gasteiger partial charge in [0.1, 0.15) is 11.2 Å². The minimum atomic E-state index is -0.483. The molecule has 2 heterocycles. The Balaban J connectivity index is 1.94. The fraction of sp³-hybridized carbons (Fsp3) is 0.278. The van der Waals surface area contributed by atoms with Crippen molar-refractivity contribution in [3.05, 3.63) is 60.5 Å². The van der Waals surface area contributed by atoms with Crippen molar-refractivity contribution in [1.29, 1.82) is 0 Å². The van der Waals surface area contributed by atoms with E-state index in [4.69, 9.17) is 23.2 Å². The van der Waals surface area contributed by atoms with Gasteiger partial charge in [0.15, 0.2) is 0 Å². The average Bonchev–Trinajstić information content (AvgIpc) is 3.12. The molecule has 0 radical (unpaired) electrons. The molecule has 0 aliphatic heterocycles. The SMILES string of the molecule is CCCCn1c(=O)c2sccc2n(CC(=O)Nc2ccc(Cl)c(Cl)c2)c1=O. The average molecular weight is 426 g/mol. The highest BCUT2D eigenvalue weighted by atomic mass is 35.5. The molecule has 0 spiro atoms. The van der Waals surface area contributed by atoms with Crippen LogP contribution in [0.3, 0.4) is 0 Å². The lowest BCUT2D eigenvalue weighted by atomic mass is 10.3. The van der Waals surface area contributed by atoms with E-state index < -0.39 is 11.6 Å². The van der Waals surface area contributed by atoms with Crippen LogP contribution >= 0.6 is 34.5 Å². The highest BCUT2D eigenvalue weighted by Gasteiger charge is 2.16. The van der Waals surface area contributed by atoms with Gasteiger partial charge in [-0.2, -0.15) is 0 Å². The summed E-state index contributed by atoms with van der Waals surface area (Å²) in [6.45, 7) is 2.10. The van der Waals surface area contributed by atoms with E-state index >= 15 is 0 Å². The summed E-state index contributed by atoms with van der Waals surface area (Å²) in [5.41, 5.74) is 0.151. The molecule has 3 aromatic rings. The Morgan fingerprint density at radius 1 is 1.15 bits per heavy atom. The zero-order valence-corrected chi connectivity index (χ0v) is 16.8. The van der Waals surface area contributed by atoms with Gasteiger partial charge in [0, 0.05) is 12.2 Å². The Kier molecular flexibility index (Phi) is 6.04. The number of halogens is 2. The number of amides is 1. The molecule has 0 unspecified atom stereocenters. The molecule has 3 rings (SSSR count). The molecule has 27 heavy (non-hydrogen) atoms. The number of hydrogen-bond acceptors (Lipinski definition) is 4. The summed E-state index contributed by atoms with van der Waals surface area (Å²) in [7, 11) is 0. The standard InChI is InChI=1S/C18H17Cl2N3O3S/c1-2-3-7-22-17(25)16-14(6-8-27-16)23(18(22)26)10-15(24)21-11-4-5-12(19)13(20)9-11/h4-6,8-9H,2-3,7,10H2,1H3,(H,21,24). The van der Waals surface area contributed by atoms with Crippen LogP contribution in [0.4, 0.5) is 5.69 Å². The normalized spacial score (nSPS) is 11.1. The van der Waals surface area contributed by atoms with Gasteiger partial charge in [0.25, 0.3) is 5.56 Å². The Labute approximate surface area is 169 Å². The van der Waals surface area contributed by atoms with Crippen LogP contribution in [0, 0.1) is 0 Å². The second kappa shape index (κ2) is 8.29. The summed E-state index contributed by atoms with van der Waals surface area (Å²) in [5.74, 6) is -0.399. The summed E-state index contributed by atoms with van der Waals surface area (Å²) in [5, 5.41) is 5.14. The van der Waals surface area contributed by atoms with Gasteiger partial charge < -0.3 is 5.32 Å². The van der Waals surface area contributed by atoms with Crippen LogP contribution < -0.4 is 16.6 Å². The number of carbonyl (C=O) groups excluding carboxylic acids is 1. The number of benzene rings is 1. The van der Waals surface area contributed by atoms with E-state index in [2.05, 4.69) is 5.32 Å². The molecule has 0 saturated heterocycles. The fourth-order valence-corrected chi connectivity index (χ4v) is 3.86. The zero-order chi connectivity index (χ0) is 19.6. The lowest BCUT2D eigenvalue weighted by Crippen LogP contribution is -2.41. The van der Waals surface area contributed by atoms with E-state index in [0.717, 1.165) is 6.42 Å². The first-order valence-electron chi connectivity index (χ1n) is 8.38. The Morgan fingerprint density at radius 2 is 1.93 bits per heavy atom. The van der Waals surface area contributed by atoms with Crippen molar-refractivity contribution in [3.8, 4) is 0 Å². The number of carbonyl (C=O) groups is 1. The summed E-state index contributed by atoms with van der Waals surface area (Å²) >= 11 is 13.1. The van der Waals surface area contributed by atoms with Gasteiger partial charge in [-0.25, -0.2) is 4.79 Å². The molecule has 1 amide bonds. The lowest BCUT2D eigenvalue weighted by Gasteiger charge is -2.12. The minimum Gasteiger partial charge on any atom is -0.324 e. The molecule has 1 aromatic carbocycles. The van der Waals surface area contributed by atoms with E-state index in [1.165, 1.54) is 26.5 Å². The Bertz CT molecular complexity index is 1120. The van der Waals surface area contributed by atoms with Crippen LogP contribution in [-0.2, 0) is 17.9 Å². The van der Waals surface area contributed by atoms with Crippen molar-refractivity contribution < 1.29 is 4.79 Å². The zero-order valence-electron chi connectivity index (χ0n) is 14.5. The number of nitrogens with zero attached hydrogens (tertiary/aromatic N) is 2. The van der Waals surface area contributed by atoms with Crippen molar-refractivity contribution in [1.82, 2.24) is 9.13 Å². The highest BCUT2D eigenvalue weighted by Crippen LogP contribution is 2.25. The molecule has 0 atom stereocenters. The second-order valence-corrected chi connectivity index (χ2v) is 7.72. The first-order chi connectivity index (χ1) is 12.9. The molecular weight excluding hydrogens is 409 g/mol. The van der Waals surface area contributed by atoms with Crippen LogP contribution in [0.15, 0.2) is 39.2 Å². The van der Waals surface area contributed by atoms with E-state index in [1.807, 2.05) is 6.92 Å². The van der Waals surface area contributed by atoms with Crippen LogP contribution in [-0.4, -0.2) is 15.0 Å². The maximum absolute atomic E-state index is 12.8. The smallest absolute Gasteiger partial charge is 0.324 e. The summed E-state index contributed by atoms with van der Waals surface area (Å²) in [4.78, 5) is 37.8. The molecule has 0 fully saturated rings. The van der Waals surface area contributed by atoms with Crippen molar-refractivity contribution in [2.24, 2.45) is 0 Å². The maximum Gasteiger partial charge on any atom is 0.332 e. The number of thiophene rings is 1. The first kappa shape index (κ1) is 19.7. The van der Waals surface area contributed by atoms with Crippen LogP contribution in [0.25, 0.3) is 10.2 Å². The second-order valence-electron chi connectivity index (χ2n) is 5.99. The number of aromatic nitrogens is 2. The summed E-state index contributed by atoms with van der Waals surface area (Å²) < 4.78 is 3.00. The van der Waals surface area contributed by atoms with Gasteiger partial charge in [-0.1, -0.05) is 36.5 Å². The number of fused-ring (bicyclic) bond motifs is 1. The van der Waals surface area contributed by atoms with Crippen molar-refractivity contribution >= 4 is 56.3 Å². The predicted molar refractivity (Wildman–Crippen MR) is 110 cm³/mol. The highest BCUT2D eigenvalue weighted by molar-refractivity contribution is 7.17.